The Hall–Kier alpha value is -2.41. The van der Waals surface area contributed by atoms with Crippen LogP contribution in [0.15, 0.2) is 47.6 Å². The average molecular weight is 389 g/mol. The summed E-state index contributed by atoms with van der Waals surface area (Å²) in [6.45, 7) is 4.23. The van der Waals surface area contributed by atoms with E-state index >= 15 is 0 Å². The summed E-state index contributed by atoms with van der Waals surface area (Å²) < 4.78 is 29.4. The summed E-state index contributed by atoms with van der Waals surface area (Å²) >= 11 is 1.58. The first-order chi connectivity index (χ1) is 13.0. The molecule has 0 saturated heterocycles. The van der Waals surface area contributed by atoms with Crippen LogP contribution in [-0.4, -0.2) is 21.2 Å². The standard InChI is InChI=1S/C20H21F2N3OS/c1-13(2)10-11-27-20-23-16-8-3-4-9-17(16)25(20)12-18(26)24-19-14(21)6-5-7-15(19)22/h3-9,13H,10-12H2,1-2H3,(H,24,26). The van der Waals surface area contributed by atoms with Crippen molar-refractivity contribution >= 4 is 34.4 Å². The van der Waals surface area contributed by atoms with Gasteiger partial charge in [0.2, 0.25) is 5.91 Å². The predicted molar refractivity (Wildman–Crippen MR) is 105 cm³/mol. The molecule has 0 aliphatic carbocycles. The van der Waals surface area contributed by atoms with Gasteiger partial charge in [0.1, 0.15) is 23.9 Å². The molecule has 0 saturated carbocycles. The maximum Gasteiger partial charge on any atom is 0.244 e. The second-order valence-electron chi connectivity index (χ2n) is 6.65. The monoisotopic (exact) mass is 389 g/mol. The number of para-hydroxylation sites is 3. The second kappa shape index (κ2) is 8.52. The van der Waals surface area contributed by atoms with E-state index in [1.54, 1.807) is 16.3 Å². The topological polar surface area (TPSA) is 46.9 Å². The highest BCUT2D eigenvalue weighted by atomic mass is 32.2. The fourth-order valence-corrected chi connectivity index (χ4v) is 3.90. The number of nitrogens with one attached hydrogen (secondary N) is 1. The highest BCUT2D eigenvalue weighted by Crippen LogP contribution is 2.26. The number of aromatic nitrogens is 2. The zero-order valence-corrected chi connectivity index (χ0v) is 16.0. The number of imidazole rings is 1. The Labute approximate surface area is 161 Å². The molecule has 4 nitrogen and oxygen atoms in total. The molecule has 0 spiro atoms. The molecule has 1 heterocycles. The van der Waals surface area contributed by atoms with E-state index in [-0.39, 0.29) is 6.54 Å². The van der Waals surface area contributed by atoms with Crippen molar-refractivity contribution in [1.82, 2.24) is 9.55 Å². The minimum atomic E-state index is -0.801. The molecule has 1 amide bonds. The fraction of sp³-hybridized carbons (Fsp3) is 0.300. The number of amides is 1. The Kier molecular flexibility index (Phi) is 6.11. The summed E-state index contributed by atoms with van der Waals surface area (Å²) in [7, 11) is 0. The number of thioether (sulfide) groups is 1. The molecule has 0 unspecified atom stereocenters. The lowest BCUT2D eigenvalue weighted by atomic mass is 10.2. The molecule has 1 aromatic heterocycles. The Bertz CT molecular complexity index is 935. The van der Waals surface area contributed by atoms with Crippen molar-refractivity contribution in [2.75, 3.05) is 11.1 Å². The maximum absolute atomic E-state index is 13.8. The first-order valence-electron chi connectivity index (χ1n) is 8.77. The van der Waals surface area contributed by atoms with Gasteiger partial charge < -0.3 is 9.88 Å². The number of halogens is 2. The van der Waals surface area contributed by atoms with Gasteiger partial charge >= 0.3 is 0 Å². The van der Waals surface area contributed by atoms with Crippen LogP contribution < -0.4 is 5.32 Å². The molecular weight excluding hydrogens is 368 g/mol. The molecule has 7 heteroatoms. The van der Waals surface area contributed by atoms with Crippen LogP contribution in [0.1, 0.15) is 20.3 Å². The summed E-state index contributed by atoms with van der Waals surface area (Å²) in [5, 5.41) is 3.06. The van der Waals surface area contributed by atoms with Crippen LogP contribution in [0.2, 0.25) is 0 Å². The van der Waals surface area contributed by atoms with Gasteiger partial charge in [0.15, 0.2) is 5.16 Å². The van der Waals surface area contributed by atoms with Crippen molar-refractivity contribution in [2.45, 2.75) is 32.0 Å². The zero-order valence-electron chi connectivity index (χ0n) is 15.2. The summed E-state index contributed by atoms with van der Waals surface area (Å²) in [5.41, 5.74) is 1.17. The second-order valence-corrected chi connectivity index (χ2v) is 7.71. The van der Waals surface area contributed by atoms with Gasteiger partial charge in [-0.15, -0.1) is 0 Å². The molecular formula is C20H21F2N3OS. The molecule has 0 radical (unpaired) electrons. The Morgan fingerprint density at radius 1 is 1.15 bits per heavy atom. The molecule has 0 aliphatic heterocycles. The van der Waals surface area contributed by atoms with Crippen LogP contribution in [-0.2, 0) is 11.3 Å². The molecule has 0 aliphatic rings. The molecule has 0 atom stereocenters. The van der Waals surface area contributed by atoms with E-state index in [2.05, 4.69) is 24.1 Å². The third-order valence-corrected chi connectivity index (χ3v) is 5.08. The average Bonchev–Trinajstić information content (AvgIpc) is 2.96. The molecule has 3 rings (SSSR count). The van der Waals surface area contributed by atoms with Crippen molar-refractivity contribution in [1.29, 1.82) is 0 Å². The highest BCUT2D eigenvalue weighted by Gasteiger charge is 2.17. The normalized spacial score (nSPS) is 11.3. The van der Waals surface area contributed by atoms with Crippen LogP contribution in [0.4, 0.5) is 14.5 Å². The van der Waals surface area contributed by atoms with Crippen LogP contribution in [0.25, 0.3) is 11.0 Å². The van der Waals surface area contributed by atoms with Crippen molar-refractivity contribution in [2.24, 2.45) is 5.92 Å². The Balaban J connectivity index is 1.83. The molecule has 142 valence electrons. The van der Waals surface area contributed by atoms with E-state index in [1.807, 2.05) is 24.3 Å². The lowest BCUT2D eigenvalue weighted by molar-refractivity contribution is -0.116. The number of carbonyl (C=O) groups excluding carboxylic acids is 1. The van der Waals surface area contributed by atoms with E-state index < -0.39 is 23.2 Å². The number of hydrogen-bond acceptors (Lipinski definition) is 3. The van der Waals surface area contributed by atoms with Crippen LogP contribution in [0.5, 0.6) is 0 Å². The minimum absolute atomic E-state index is 0.0711. The molecule has 3 aromatic rings. The van der Waals surface area contributed by atoms with Crippen molar-refractivity contribution in [3.8, 4) is 0 Å². The van der Waals surface area contributed by atoms with Gasteiger partial charge in [-0.05, 0) is 36.6 Å². The van der Waals surface area contributed by atoms with Gasteiger partial charge in [-0.2, -0.15) is 0 Å². The predicted octanol–water partition coefficient (Wildman–Crippen LogP) is 5.09. The highest BCUT2D eigenvalue weighted by molar-refractivity contribution is 7.99. The molecule has 2 aromatic carbocycles. The van der Waals surface area contributed by atoms with Gasteiger partial charge in [0.05, 0.1) is 11.0 Å². The molecule has 0 bridgehead atoms. The van der Waals surface area contributed by atoms with Crippen molar-refractivity contribution in [3.05, 3.63) is 54.1 Å². The number of anilines is 1. The first kappa shape index (κ1) is 19.4. The number of hydrogen-bond donors (Lipinski definition) is 1. The first-order valence-corrected chi connectivity index (χ1v) is 9.76. The largest absolute Gasteiger partial charge is 0.320 e. The maximum atomic E-state index is 13.8. The van der Waals surface area contributed by atoms with E-state index in [0.717, 1.165) is 40.5 Å². The fourth-order valence-electron chi connectivity index (χ4n) is 2.64. The third kappa shape index (κ3) is 4.66. The van der Waals surface area contributed by atoms with Crippen LogP contribution in [0.3, 0.4) is 0 Å². The summed E-state index contributed by atoms with van der Waals surface area (Å²) in [6, 6.07) is 11.0. The lowest BCUT2D eigenvalue weighted by Gasteiger charge is -2.11. The Morgan fingerprint density at radius 3 is 2.56 bits per heavy atom. The number of rotatable bonds is 7. The van der Waals surface area contributed by atoms with E-state index in [9.17, 15) is 13.6 Å². The summed E-state index contributed by atoms with van der Waals surface area (Å²) in [5.74, 6) is -0.656. The lowest BCUT2D eigenvalue weighted by Crippen LogP contribution is -2.20. The molecule has 27 heavy (non-hydrogen) atoms. The van der Waals surface area contributed by atoms with Gasteiger partial charge in [-0.25, -0.2) is 13.8 Å². The van der Waals surface area contributed by atoms with Gasteiger partial charge in [0, 0.05) is 5.75 Å². The number of carbonyl (C=O) groups is 1. The quantitative estimate of drug-likeness (QED) is 0.573. The SMILES string of the molecule is CC(C)CCSc1nc2ccccc2n1CC(=O)Nc1c(F)cccc1F. The summed E-state index contributed by atoms with van der Waals surface area (Å²) in [4.78, 5) is 17.1. The third-order valence-electron chi connectivity index (χ3n) is 4.07. The van der Waals surface area contributed by atoms with Crippen molar-refractivity contribution < 1.29 is 13.6 Å². The van der Waals surface area contributed by atoms with Crippen molar-refractivity contribution in [3.63, 3.8) is 0 Å². The van der Waals surface area contributed by atoms with Gasteiger partial charge in [-0.1, -0.05) is 43.8 Å². The minimum Gasteiger partial charge on any atom is -0.320 e. The summed E-state index contributed by atoms with van der Waals surface area (Å²) in [6.07, 6.45) is 1.03. The number of nitrogens with zero attached hydrogens (tertiary/aromatic N) is 2. The molecule has 1 N–H and O–H groups in total. The van der Waals surface area contributed by atoms with Crippen LogP contribution in [0, 0.1) is 17.6 Å². The van der Waals surface area contributed by atoms with E-state index in [0.29, 0.717) is 5.92 Å². The Morgan fingerprint density at radius 2 is 1.85 bits per heavy atom. The van der Waals surface area contributed by atoms with E-state index in [1.165, 1.54) is 6.07 Å². The van der Waals surface area contributed by atoms with Gasteiger partial charge in [-0.3, -0.25) is 4.79 Å². The number of fused-ring (bicyclic) bond motifs is 1. The van der Waals surface area contributed by atoms with Gasteiger partial charge in [0.25, 0.3) is 0 Å². The van der Waals surface area contributed by atoms with E-state index in [4.69, 9.17) is 0 Å². The number of benzene rings is 2. The smallest absolute Gasteiger partial charge is 0.244 e. The molecule has 0 fully saturated rings. The van der Waals surface area contributed by atoms with Crippen LogP contribution >= 0.6 is 11.8 Å². The zero-order chi connectivity index (χ0) is 19.4.